The van der Waals surface area contributed by atoms with Crippen molar-refractivity contribution in [3.05, 3.63) is 59.2 Å². The molecule has 0 atom stereocenters. The van der Waals surface area contributed by atoms with Crippen molar-refractivity contribution in [1.29, 1.82) is 0 Å². The molecule has 0 radical (unpaired) electrons. The first kappa shape index (κ1) is 12.4. The summed E-state index contributed by atoms with van der Waals surface area (Å²) in [6.07, 6.45) is 0. The summed E-state index contributed by atoms with van der Waals surface area (Å²) in [5.74, 6) is -1.17. The Morgan fingerprint density at radius 3 is 2.39 bits per heavy atom. The quantitative estimate of drug-likeness (QED) is 0.728. The van der Waals surface area contributed by atoms with E-state index in [9.17, 15) is 13.6 Å². The Hall–Kier alpha value is -2.03. The third-order valence-corrected chi connectivity index (χ3v) is 2.77. The highest BCUT2D eigenvalue weighted by molar-refractivity contribution is 6.00. The van der Waals surface area contributed by atoms with Crippen molar-refractivity contribution in [3.8, 4) is 11.1 Å². The summed E-state index contributed by atoms with van der Waals surface area (Å²) in [6, 6.07) is 8.33. The zero-order chi connectivity index (χ0) is 13.3. The summed E-state index contributed by atoms with van der Waals surface area (Å²) < 4.78 is 27.1. The normalized spacial score (nSPS) is 10.4. The molecule has 0 N–H and O–H groups in total. The summed E-state index contributed by atoms with van der Waals surface area (Å²) in [5.41, 5.74) is 1.72. The topological polar surface area (TPSA) is 17.1 Å². The number of carbonyl (C=O) groups excluding carboxylic acids is 1. The fourth-order valence-electron chi connectivity index (χ4n) is 1.89. The van der Waals surface area contributed by atoms with Crippen LogP contribution in [0.2, 0.25) is 0 Å². The van der Waals surface area contributed by atoms with Gasteiger partial charge in [-0.2, -0.15) is 0 Å². The second kappa shape index (κ2) is 4.69. The van der Waals surface area contributed by atoms with Gasteiger partial charge in [0.05, 0.1) is 0 Å². The van der Waals surface area contributed by atoms with Crippen molar-refractivity contribution < 1.29 is 13.6 Å². The number of hydrogen-bond acceptors (Lipinski definition) is 1. The van der Waals surface area contributed by atoms with Crippen LogP contribution < -0.4 is 0 Å². The molecule has 0 saturated heterocycles. The molecule has 0 aliphatic rings. The average molecular weight is 246 g/mol. The van der Waals surface area contributed by atoms with Crippen LogP contribution in [0.25, 0.3) is 11.1 Å². The Morgan fingerprint density at radius 2 is 1.72 bits per heavy atom. The van der Waals surface area contributed by atoms with E-state index in [4.69, 9.17) is 0 Å². The van der Waals surface area contributed by atoms with Crippen LogP contribution >= 0.6 is 0 Å². The molecule has 0 saturated carbocycles. The lowest BCUT2D eigenvalue weighted by Crippen LogP contribution is -1.98. The average Bonchev–Trinajstić information content (AvgIpc) is 2.31. The first-order chi connectivity index (χ1) is 8.49. The van der Waals surface area contributed by atoms with E-state index in [2.05, 4.69) is 0 Å². The largest absolute Gasteiger partial charge is 0.294 e. The van der Waals surface area contributed by atoms with Gasteiger partial charge in [-0.05, 0) is 49.7 Å². The molecule has 2 aromatic carbocycles. The Balaban J connectivity index is 2.73. The molecule has 92 valence electrons. The molecule has 0 aliphatic heterocycles. The molecule has 18 heavy (non-hydrogen) atoms. The number of ketones is 1. The minimum Gasteiger partial charge on any atom is -0.294 e. The molecule has 0 amide bonds. The minimum atomic E-state index is -0.490. The van der Waals surface area contributed by atoms with Gasteiger partial charge < -0.3 is 0 Å². The summed E-state index contributed by atoms with van der Waals surface area (Å²) >= 11 is 0. The molecule has 1 nitrogen and oxygen atoms in total. The van der Waals surface area contributed by atoms with Crippen molar-refractivity contribution in [2.45, 2.75) is 13.8 Å². The number of hydrogen-bond donors (Lipinski definition) is 0. The molecule has 0 fully saturated rings. The molecule has 3 heteroatoms. The van der Waals surface area contributed by atoms with Crippen LogP contribution in [0.4, 0.5) is 8.78 Å². The fourth-order valence-corrected chi connectivity index (χ4v) is 1.89. The molecule has 2 rings (SSSR count). The lowest BCUT2D eigenvalue weighted by molar-refractivity contribution is 0.101. The van der Waals surface area contributed by atoms with Gasteiger partial charge in [0.25, 0.3) is 0 Å². The zero-order valence-electron chi connectivity index (χ0n) is 10.1. The van der Waals surface area contributed by atoms with Crippen LogP contribution in [-0.2, 0) is 0 Å². The van der Waals surface area contributed by atoms with Crippen molar-refractivity contribution in [1.82, 2.24) is 0 Å². The summed E-state index contributed by atoms with van der Waals surface area (Å²) in [4.78, 5) is 11.5. The van der Waals surface area contributed by atoms with E-state index in [1.165, 1.54) is 31.2 Å². The van der Waals surface area contributed by atoms with Crippen LogP contribution in [0.15, 0.2) is 36.4 Å². The van der Waals surface area contributed by atoms with Crippen LogP contribution in [0.1, 0.15) is 22.8 Å². The van der Waals surface area contributed by atoms with Gasteiger partial charge >= 0.3 is 0 Å². The van der Waals surface area contributed by atoms with Gasteiger partial charge in [0, 0.05) is 11.1 Å². The number of carbonyl (C=O) groups is 1. The first-order valence-electron chi connectivity index (χ1n) is 5.56. The predicted octanol–water partition coefficient (Wildman–Crippen LogP) is 4.14. The number of rotatable bonds is 2. The molecule has 0 aliphatic carbocycles. The van der Waals surface area contributed by atoms with E-state index in [0.29, 0.717) is 11.1 Å². The maximum absolute atomic E-state index is 13.8. The van der Waals surface area contributed by atoms with Crippen molar-refractivity contribution in [2.75, 3.05) is 0 Å². The highest BCUT2D eigenvalue weighted by atomic mass is 19.1. The molecule has 2 aromatic rings. The maximum Gasteiger partial charge on any atom is 0.160 e. The SMILES string of the molecule is CC(=O)c1ccc(F)cc1-c1cc(C)ccc1F. The number of benzene rings is 2. The Bertz CT molecular complexity index is 618. The van der Waals surface area contributed by atoms with Gasteiger partial charge in [0.15, 0.2) is 5.78 Å². The van der Waals surface area contributed by atoms with Crippen molar-refractivity contribution in [3.63, 3.8) is 0 Å². The summed E-state index contributed by atoms with van der Waals surface area (Å²) in [7, 11) is 0. The van der Waals surface area contributed by atoms with Gasteiger partial charge in [-0.1, -0.05) is 11.6 Å². The third kappa shape index (κ3) is 2.30. The number of Topliss-reactive ketones (excluding diaryl/α,β-unsaturated/α-hetero) is 1. The second-order valence-corrected chi connectivity index (χ2v) is 4.23. The van der Waals surface area contributed by atoms with Crippen LogP contribution in [-0.4, -0.2) is 5.78 Å². The third-order valence-electron chi connectivity index (χ3n) is 2.77. The van der Waals surface area contributed by atoms with Crippen molar-refractivity contribution >= 4 is 5.78 Å². The van der Waals surface area contributed by atoms with E-state index in [1.807, 2.05) is 6.92 Å². The minimum absolute atomic E-state index is 0.217. The van der Waals surface area contributed by atoms with Gasteiger partial charge in [0.1, 0.15) is 11.6 Å². The number of aryl methyl sites for hydroxylation is 1. The molecule has 0 bridgehead atoms. The highest BCUT2D eigenvalue weighted by Crippen LogP contribution is 2.28. The van der Waals surface area contributed by atoms with E-state index < -0.39 is 11.6 Å². The molecular formula is C15H12F2O. The van der Waals surface area contributed by atoms with Gasteiger partial charge in [-0.3, -0.25) is 4.79 Å². The Morgan fingerprint density at radius 1 is 1.00 bits per heavy atom. The van der Waals surface area contributed by atoms with Crippen molar-refractivity contribution in [2.24, 2.45) is 0 Å². The maximum atomic E-state index is 13.8. The molecule has 0 spiro atoms. The van der Waals surface area contributed by atoms with Crippen LogP contribution in [0, 0.1) is 18.6 Å². The highest BCUT2D eigenvalue weighted by Gasteiger charge is 2.14. The lowest BCUT2D eigenvalue weighted by atomic mass is 9.96. The van der Waals surface area contributed by atoms with E-state index in [-0.39, 0.29) is 11.3 Å². The standard InChI is InChI=1S/C15H12F2O/c1-9-3-6-15(17)14(7-9)13-8-11(16)4-5-12(13)10(2)18/h3-8H,1-2H3. The molecule has 0 aromatic heterocycles. The Kier molecular flexibility index (Phi) is 3.24. The summed E-state index contributed by atoms with van der Waals surface area (Å²) in [6.45, 7) is 3.19. The molecule has 0 unspecified atom stereocenters. The van der Waals surface area contributed by atoms with Crippen LogP contribution in [0.5, 0.6) is 0 Å². The lowest BCUT2D eigenvalue weighted by Gasteiger charge is -2.09. The second-order valence-electron chi connectivity index (χ2n) is 4.23. The number of halogens is 2. The van der Waals surface area contributed by atoms with E-state index in [1.54, 1.807) is 12.1 Å². The summed E-state index contributed by atoms with van der Waals surface area (Å²) in [5, 5.41) is 0. The van der Waals surface area contributed by atoms with Gasteiger partial charge in [-0.25, -0.2) is 8.78 Å². The first-order valence-corrected chi connectivity index (χ1v) is 5.56. The predicted molar refractivity (Wildman–Crippen MR) is 66.5 cm³/mol. The molecule has 0 heterocycles. The van der Waals surface area contributed by atoms with Gasteiger partial charge in [0.2, 0.25) is 0 Å². The monoisotopic (exact) mass is 246 g/mol. The fraction of sp³-hybridized carbons (Fsp3) is 0.133. The zero-order valence-corrected chi connectivity index (χ0v) is 10.1. The van der Waals surface area contributed by atoms with E-state index >= 15 is 0 Å². The molecular weight excluding hydrogens is 234 g/mol. The van der Waals surface area contributed by atoms with E-state index in [0.717, 1.165) is 5.56 Å². The Labute approximate surface area is 104 Å². The smallest absolute Gasteiger partial charge is 0.160 e. The van der Waals surface area contributed by atoms with Gasteiger partial charge in [-0.15, -0.1) is 0 Å². The van der Waals surface area contributed by atoms with Crippen LogP contribution in [0.3, 0.4) is 0 Å².